The largest absolute Gasteiger partial charge is 0.316 e. The molecule has 0 aromatic rings. The average Bonchev–Trinajstić information content (AvgIpc) is 2.02. The van der Waals surface area contributed by atoms with E-state index in [0.29, 0.717) is 5.92 Å². The predicted octanol–water partition coefficient (Wildman–Crippen LogP) is 0.714. The quantitative estimate of drug-likeness (QED) is 0.697. The van der Waals surface area contributed by atoms with Crippen molar-refractivity contribution in [3.05, 3.63) is 0 Å². The van der Waals surface area contributed by atoms with Crippen molar-refractivity contribution in [2.24, 2.45) is 10.3 Å². The van der Waals surface area contributed by atoms with Crippen LogP contribution in [0.5, 0.6) is 0 Å². The number of rotatable bonds is 2. The van der Waals surface area contributed by atoms with Gasteiger partial charge in [-0.3, -0.25) is 4.21 Å². The topological polar surface area (TPSA) is 41.5 Å². The molecular weight excluding hydrogens is 172 g/mol. The summed E-state index contributed by atoms with van der Waals surface area (Å²) < 4.78 is 15.4. The minimum atomic E-state index is -1.88. The van der Waals surface area contributed by atoms with Gasteiger partial charge in [-0.2, -0.15) is 0 Å². The van der Waals surface area contributed by atoms with Gasteiger partial charge in [0.15, 0.2) is 0 Å². The second-order valence-corrected chi connectivity index (χ2v) is 6.33. The van der Waals surface area contributed by atoms with Crippen molar-refractivity contribution in [2.75, 3.05) is 32.1 Å². The van der Waals surface area contributed by atoms with Gasteiger partial charge in [-0.15, -0.1) is 0 Å². The predicted molar refractivity (Wildman–Crippen MR) is 52.9 cm³/mol. The van der Waals surface area contributed by atoms with Gasteiger partial charge in [0.1, 0.15) is 0 Å². The molecule has 1 N–H and O–H groups in total. The highest BCUT2D eigenvalue weighted by atomic mass is 32.2. The van der Waals surface area contributed by atoms with Crippen molar-refractivity contribution in [1.82, 2.24) is 5.32 Å². The second-order valence-electron chi connectivity index (χ2n) is 3.71. The maximum Gasteiger partial charge on any atom is 0.0524 e. The molecule has 1 rings (SSSR count). The lowest BCUT2D eigenvalue weighted by Gasteiger charge is -2.20. The molecule has 0 unspecified atom stereocenters. The van der Waals surface area contributed by atoms with Crippen molar-refractivity contribution >= 4 is 9.73 Å². The molecular formula is C8H18N2OS. The minimum absolute atomic E-state index is 0.611. The van der Waals surface area contributed by atoms with Crippen LogP contribution in [0.1, 0.15) is 12.8 Å². The summed E-state index contributed by atoms with van der Waals surface area (Å²) >= 11 is 0. The third-order valence-electron chi connectivity index (χ3n) is 2.04. The van der Waals surface area contributed by atoms with Gasteiger partial charge in [0.25, 0.3) is 0 Å². The molecule has 0 saturated carbocycles. The number of hydrogen-bond acceptors (Lipinski definition) is 3. The van der Waals surface area contributed by atoms with Gasteiger partial charge >= 0.3 is 0 Å². The van der Waals surface area contributed by atoms with Crippen LogP contribution in [0.4, 0.5) is 0 Å². The van der Waals surface area contributed by atoms with Gasteiger partial charge in [-0.25, -0.2) is 4.36 Å². The molecule has 0 radical (unpaired) electrons. The average molecular weight is 190 g/mol. The van der Waals surface area contributed by atoms with E-state index in [-0.39, 0.29) is 0 Å². The number of nitrogens with one attached hydrogen (secondary N) is 1. The molecule has 1 aliphatic rings. The molecule has 1 aliphatic heterocycles. The second kappa shape index (κ2) is 4.23. The van der Waals surface area contributed by atoms with Crippen LogP contribution in [0.2, 0.25) is 0 Å². The first kappa shape index (κ1) is 9.99. The highest BCUT2D eigenvalue weighted by molar-refractivity contribution is 7.92. The van der Waals surface area contributed by atoms with Crippen molar-refractivity contribution in [2.45, 2.75) is 12.8 Å². The van der Waals surface area contributed by atoms with Gasteiger partial charge in [0.2, 0.25) is 0 Å². The highest BCUT2D eigenvalue weighted by Crippen LogP contribution is 2.10. The molecule has 0 amide bonds. The van der Waals surface area contributed by atoms with E-state index in [1.807, 2.05) is 0 Å². The fourth-order valence-electron chi connectivity index (χ4n) is 1.36. The van der Waals surface area contributed by atoms with Crippen LogP contribution in [0.15, 0.2) is 4.36 Å². The van der Waals surface area contributed by atoms with Gasteiger partial charge in [-0.05, 0) is 31.8 Å². The van der Waals surface area contributed by atoms with E-state index in [9.17, 15) is 4.21 Å². The Morgan fingerprint density at radius 3 is 2.83 bits per heavy atom. The molecule has 4 heteroatoms. The molecule has 0 spiro atoms. The zero-order valence-corrected chi connectivity index (χ0v) is 8.69. The van der Waals surface area contributed by atoms with E-state index in [1.165, 1.54) is 12.8 Å². The van der Waals surface area contributed by atoms with E-state index >= 15 is 0 Å². The van der Waals surface area contributed by atoms with E-state index in [1.54, 1.807) is 12.5 Å². The highest BCUT2D eigenvalue weighted by Gasteiger charge is 2.11. The first-order valence-corrected chi connectivity index (χ1v) is 6.75. The minimum Gasteiger partial charge on any atom is -0.316 e. The molecule has 0 aromatic heterocycles. The Kier molecular flexibility index (Phi) is 3.53. The Labute approximate surface area is 75.1 Å². The Bertz CT molecular complexity index is 229. The summed E-state index contributed by atoms with van der Waals surface area (Å²) in [5.41, 5.74) is 0. The van der Waals surface area contributed by atoms with E-state index in [0.717, 1.165) is 19.6 Å². The molecule has 0 aromatic carbocycles. The van der Waals surface area contributed by atoms with Crippen LogP contribution < -0.4 is 5.32 Å². The number of piperidine rings is 1. The van der Waals surface area contributed by atoms with E-state index < -0.39 is 9.73 Å². The summed E-state index contributed by atoms with van der Waals surface area (Å²) in [5, 5.41) is 3.32. The molecule has 1 fully saturated rings. The molecule has 12 heavy (non-hydrogen) atoms. The van der Waals surface area contributed by atoms with Crippen LogP contribution in [-0.2, 0) is 9.73 Å². The summed E-state index contributed by atoms with van der Waals surface area (Å²) in [6.45, 7) is 2.93. The van der Waals surface area contributed by atoms with Crippen molar-refractivity contribution in [3.63, 3.8) is 0 Å². The van der Waals surface area contributed by atoms with Crippen molar-refractivity contribution < 1.29 is 4.21 Å². The number of nitrogens with zero attached hydrogens (tertiary/aromatic N) is 1. The Morgan fingerprint density at radius 2 is 2.33 bits per heavy atom. The van der Waals surface area contributed by atoms with Crippen molar-refractivity contribution in [3.8, 4) is 0 Å². The molecule has 1 saturated heterocycles. The lowest BCUT2D eigenvalue weighted by Crippen LogP contribution is -2.31. The summed E-state index contributed by atoms with van der Waals surface area (Å²) in [5.74, 6) is 0.611. The molecule has 1 atom stereocenters. The van der Waals surface area contributed by atoms with Crippen LogP contribution in [0.25, 0.3) is 0 Å². The summed E-state index contributed by atoms with van der Waals surface area (Å²) in [6, 6.07) is 0. The van der Waals surface area contributed by atoms with Gasteiger partial charge in [-0.1, -0.05) is 0 Å². The van der Waals surface area contributed by atoms with Gasteiger partial charge in [0.05, 0.1) is 6.54 Å². The fourth-order valence-corrected chi connectivity index (χ4v) is 1.93. The standard InChI is InChI=1S/C8H18N2OS/c1-12(2,11)10-7-8-4-3-5-9-6-8/h8-9H,3-7H2,1-2H3/t8-/m0/s1. The van der Waals surface area contributed by atoms with Crippen molar-refractivity contribution in [1.29, 1.82) is 0 Å². The normalized spacial score (nSPS) is 25.3. The fraction of sp³-hybridized carbons (Fsp3) is 1.00. The number of hydrogen-bond donors (Lipinski definition) is 1. The Hall–Kier alpha value is -0.0900. The van der Waals surface area contributed by atoms with E-state index in [4.69, 9.17) is 0 Å². The van der Waals surface area contributed by atoms with Gasteiger partial charge < -0.3 is 5.32 Å². The van der Waals surface area contributed by atoms with E-state index in [2.05, 4.69) is 9.68 Å². The monoisotopic (exact) mass is 190 g/mol. The molecule has 3 nitrogen and oxygen atoms in total. The molecule has 0 aliphatic carbocycles. The maximum atomic E-state index is 11.2. The molecule has 1 heterocycles. The first-order valence-electron chi connectivity index (χ1n) is 4.41. The van der Waals surface area contributed by atoms with Crippen LogP contribution in [0.3, 0.4) is 0 Å². The lowest BCUT2D eigenvalue weighted by molar-refractivity contribution is 0.387. The smallest absolute Gasteiger partial charge is 0.0524 e. The third-order valence-corrected chi connectivity index (χ3v) is 2.81. The first-order chi connectivity index (χ1) is 5.58. The molecule has 0 bridgehead atoms. The van der Waals surface area contributed by atoms with Crippen LogP contribution in [-0.4, -0.2) is 36.4 Å². The molecule has 72 valence electrons. The Morgan fingerprint density at radius 1 is 1.58 bits per heavy atom. The lowest BCUT2D eigenvalue weighted by atomic mass is 10.0. The van der Waals surface area contributed by atoms with Crippen LogP contribution in [0, 0.1) is 5.92 Å². The zero-order valence-electron chi connectivity index (χ0n) is 7.88. The third kappa shape index (κ3) is 4.07. The SMILES string of the molecule is CS(C)(=O)=NC[C@H]1CCCNC1. The van der Waals surface area contributed by atoms with Crippen LogP contribution >= 0.6 is 0 Å². The maximum absolute atomic E-state index is 11.2. The Balaban J connectivity index is 2.36. The zero-order chi connectivity index (χ0) is 9.03. The summed E-state index contributed by atoms with van der Waals surface area (Å²) in [6.07, 6.45) is 5.85. The van der Waals surface area contributed by atoms with Gasteiger partial charge in [0, 0.05) is 22.2 Å². The summed E-state index contributed by atoms with van der Waals surface area (Å²) in [4.78, 5) is 0. The summed E-state index contributed by atoms with van der Waals surface area (Å²) in [7, 11) is -1.88.